The van der Waals surface area contributed by atoms with Crippen LogP contribution in [0.2, 0.25) is 0 Å². The molecule has 6 heteroatoms. The summed E-state index contributed by atoms with van der Waals surface area (Å²) in [5.74, 6) is -0.0614. The summed E-state index contributed by atoms with van der Waals surface area (Å²) < 4.78 is 16.7. The molecule has 1 atom stereocenters. The van der Waals surface area contributed by atoms with E-state index in [-0.39, 0.29) is 31.1 Å². The van der Waals surface area contributed by atoms with E-state index in [1.807, 2.05) is 0 Å². The number of carbonyl (C=O) groups is 3. The first-order chi connectivity index (χ1) is 24.9. The van der Waals surface area contributed by atoms with E-state index >= 15 is 0 Å². The van der Waals surface area contributed by atoms with Gasteiger partial charge in [-0.15, -0.1) is 0 Å². The highest BCUT2D eigenvalue weighted by Crippen LogP contribution is 2.16. The number of rotatable bonds is 40. The summed E-state index contributed by atoms with van der Waals surface area (Å²) in [6, 6.07) is 0. The Balaban J connectivity index is 4.34. The Hall–Kier alpha value is -1.59. The minimum atomic E-state index is -0.758. The van der Waals surface area contributed by atoms with E-state index in [1.54, 1.807) is 0 Å². The topological polar surface area (TPSA) is 78.9 Å². The molecule has 0 heterocycles. The fraction of sp³-hybridized carbons (Fsp3) is 0.933. The van der Waals surface area contributed by atoms with Crippen LogP contribution in [-0.4, -0.2) is 37.2 Å². The van der Waals surface area contributed by atoms with Gasteiger partial charge in [-0.05, 0) is 25.2 Å². The average molecular weight is 723 g/mol. The Bertz CT molecular complexity index is 766. The van der Waals surface area contributed by atoms with Crippen molar-refractivity contribution in [3.63, 3.8) is 0 Å². The van der Waals surface area contributed by atoms with Crippen molar-refractivity contribution in [1.82, 2.24) is 0 Å². The van der Waals surface area contributed by atoms with Crippen LogP contribution in [0.15, 0.2) is 0 Å². The van der Waals surface area contributed by atoms with Gasteiger partial charge in [0.2, 0.25) is 0 Å². The fourth-order valence-electron chi connectivity index (χ4n) is 6.63. The summed E-state index contributed by atoms with van der Waals surface area (Å²) in [4.78, 5) is 37.6. The van der Waals surface area contributed by atoms with Crippen LogP contribution in [-0.2, 0) is 28.6 Å². The highest BCUT2D eigenvalue weighted by Gasteiger charge is 2.19. The molecule has 0 aromatic rings. The third-order valence-corrected chi connectivity index (χ3v) is 10.0. The van der Waals surface area contributed by atoms with Crippen molar-refractivity contribution < 1.29 is 28.6 Å². The molecule has 0 spiro atoms. The molecule has 0 aromatic carbocycles. The first kappa shape index (κ1) is 49.4. The van der Waals surface area contributed by atoms with Gasteiger partial charge < -0.3 is 14.2 Å². The van der Waals surface area contributed by atoms with Crippen LogP contribution >= 0.6 is 0 Å². The molecule has 0 aliphatic heterocycles. The molecule has 0 unspecified atom stereocenters. The molecule has 0 radical (unpaired) electrons. The maximum absolute atomic E-state index is 12.7. The lowest BCUT2D eigenvalue weighted by molar-refractivity contribution is -0.167. The molecule has 51 heavy (non-hydrogen) atoms. The smallest absolute Gasteiger partial charge is 0.306 e. The third-order valence-electron chi connectivity index (χ3n) is 10.0. The molecule has 0 saturated carbocycles. The Kier molecular flexibility index (Phi) is 38.4. The number of esters is 3. The van der Waals surface area contributed by atoms with Gasteiger partial charge in [-0.3, -0.25) is 14.4 Å². The molecule has 0 saturated heterocycles. The largest absolute Gasteiger partial charge is 0.462 e. The van der Waals surface area contributed by atoms with Crippen molar-refractivity contribution in [3.8, 4) is 0 Å². The normalized spacial score (nSPS) is 11.9. The Morgan fingerprint density at radius 3 is 0.961 bits per heavy atom. The summed E-state index contributed by atoms with van der Waals surface area (Å²) in [6.07, 6.45) is 38.0. The van der Waals surface area contributed by atoms with Crippen molar-refractivity contribution in [2.75, 3.05) is 13.2 Å². The zero-order valence-corrected chi connectivity index (χ0v) is 34.6. The Morgan fingerprint density at radius 1 is 0.373 bits per heavy atom. The SMILES string of the molecule is CCCCCCCCCCCCCCC(=O)O[C@@H](COC(=O)CCCCCCCCCCCC)COC(=O)CCCCCCCCCCC(C)C. The number of hydrogen-bond acceptors (Lipinski definition) is 6. The lowest BCUT2D eigenvalue weighted by Crippen LogP contribution is -2.30. The van der Waals surface area contributed by atoms with Gasteiger partial charge in [0.05, 0.1) is 0 Å². The Labute approximate surface area is 317 Å². The average Bonchev–Trinajstić information content (AvgIpc) is 3.11. The highest BCUT2D eigenvalue weighted by molar-refractivity contribution is 5.71. The van der Waals surface area contributed by atoms with Gasteiger partial charge in [-0.25, -0.2) is 0 Å². The van der Waals surface area contributed by atoms with E-state index in [9.17, 15) is 14.4 Å². The minimum absolute atomic E-state index is 0.0643. The number of unbranched alkanes of at least 4 members (excludes halogenated alkanes) is 27. The zero-order valence-electron chi connectivity index (χ0n) is 34.6. The zero-order chi connectivity index (χ0) is 37.5. The first-order valence-electron chi connectivity index (χ1n) is 22.4. The number of carbonyl (C=O) groups excluding carboxylic acids is 3. The van der Waals surface area contributed by atoms with Crippen molar-refractivity contribution in [2.45, 2.75) is 252 Å². The molecule has 0 bridgehead atoms. The van der Waals surface area contributed by atoms with Gasteiger partial charge in [-0.1, -0.05) is 207 Å². The monoisotopic (exact) mass is 723 g/mol. The van der Waals surface area contributed by atoms with E-state index in [0.29, 0.717) is 19.3 Å². The molecule has 0 N–H and O–H groups in total. The maximum Gasteiger partial charge on any atom is 0.306 e. The Morgan fingerprint density at radius 2 is 0.647 bits per heavy atom. The summed E-state index contributed by atoms with van der Waals surface area (Å²) in [7, 11) is 0. The van der Waals surface area contributed by atoms with Crippen LogP contribution in [0.25, 0.3) is 0 Å². The minimum Gasteiger partial charge on any atom is -0.462 e. The second kappa shape index (κ2) is 39.6. The van der Waals surface area contributed by atoms with Crippen LogP contribution in [0.4, 0.5) is 0 Å². The molecule has 0 rings (SSSR count). The lowest BCUT2D eigenvalue weighted by Gasteiger charge is -2.18. The quantitative estimate of drug-likeness (QED) is 0.0356. The van der Waals surface area contributed by atoms with E-state index in [4.69, 9.17) is 14.2 Å². The lowest BCUT2D eigenvalue weighted by atomic mass is 10.0. The molecular formula is C45H86O6. The van der Waals surface area contributed by atoms with Gasteiger partial charge in [0.15, 0.2) is 6.10 Å². The van der Waals surface area contributed by atoms with Crippen molar-refractivity contribution in [1.29, 1.82) is 0 Å². The van der Waals surface area contributed by atoms with Gasteiger partial charge >= 0.3 is 17.9 Å². The number of ether oxygens (including phenoxy) is 3. The van der Waals surface area contributed by atoms with Gasteiger partial charge in [0.1, 0.15) is 13.2 Å². The molecule has 0 amide bonds. The van der Waals surface area contributed by atoms with E-state index < -0.39 is 6.10 Å². The van der Waals surface area contributed by atoms with E-state index in [2.05, 4.69) is 27.7 Å². The maximum atomic E-state index is 12.7. The highest BCUT2D eigenvalue weighted by atomic mass is 16.6. The second-order valence-corrected chi connectivity index (χ2v) is 15.8. The molecule has 0 aliphatic carbocycles. The standard InChI is InChI=1S/C45H86O6/c1-5-7-9-11-13-15-17-18-20-26-30-34-38-45(48)51-42(39-49-43(46)36-32-28-24-19-16-14-12-10-8-6-2)40-50-44(47)37-33-29-25-22-21-23-27-31-35-41(3)4/h41-42H,5-40H2,1-4H3/t42-/m0/s1. The summed E-state index contributed by atoms with van der Waals surface area (Å²) in [6.45, 7) is 8.94. The van der Waals surface area contributed by atoms with E-state index in [0.717, 1.165) is 63.7 Å². The van der Waals surface area contributed by atoms with Gasteiger partial charge in [-0.2, -0.15) is 0 Å². The van der Waals surface area contributed by atoms with Crippen LogP contribution in [0.1, 0.15) is 246 Å². The van der Waals surface area contributed by atoms with Gasteiger partial charge in [0.25, 0.3) is 0 Å². The predicted molar refractivity (Wildman–Crippen MR) is 215 cm³/mol. The van der Waals surface area contributed by atoms with Crippen LogP contribution in [0.5, 0.6) is 0 Å². The molecule has 0 aromatic heterocycles. The van der Waals surface area contributed by atoms with E-state index in [1.165, 1.54) is 141 Å². The van der Waals surface area contributed by atoms with Gasteiger partial charge in [0, 0.05) is 19.3 Å². The molecular weight excluding hydrogens is 636 g/mol. The molecule has 0 fully saturated rings. The number of hydrogen-bond donors (Lipinski definition) is 0. The van der Waals surface area contributed by atoms with Crippen LogP contribution in [0.3, 0.4) is 0 Å². The van der Waals surface area contributed by atoms with Crippen molar-refractivity contribution in [3.05, 3.63) is 0 Å². The molecule has 6 nitrogen and oxygen atoms in total. The summed E-state index contributed by atoms with van der Waals surface area (Å²) in [5, 5.41) is 0. The fourth-order valence-corrected chi connectivity index (χ4v) is 6.63. The second-order valence-electron chi connectivity index (χ2n) is 15.8. The van der Waals surface area contributed by atoms with Crippen LogP contribution in [0, 0.1) is 5.92 Å². The van der Waals surface area contributed by atoms with Crippen molar-refractivity contribution >= 4 is 17.9 Å². The molecule has 0 aliphatic rings. The first-order valence-corrected chi connectivity index (χ1v) is 22.4. The summed E-state index contributed by atoms with van der Waals surface area (Å²) in [5.41, 5.74) is 0. The molecule has 302 valence electrons. The van der Waals surface area contributed by atoms with Crippen LogP contribution < -0.4 is 0 Å². The van der Waals surface area contributed by atoms with Crippen molar-refractivity contribution in [2.24, 2.45) is 5.92 Å². The third kappa shape index (κ3) is 39.5. The summed E-state index contributed by atoms with van der Waals surface area (Å²) >= 11 is 0. The predicted octanol–water partition coefficient (Wildman–Crippen LogP) is 13.9.